The fourth-order valence-electron chi connectivity index (χ4n) is 1.21. The number of benzene rings is 1. The number of hydrogen-bond donors (Lipinski definition) is 1. The Kier molecular flexibility index (Phi) is 5.89. The van der Waals surface area contributed by atoms with Crippen LogP contribution < -0.4 is 10.1 Å². The third kappa shape index (κ3) is 5.92. The van der Waals surface area contributed by atoms with Crippen LogP contribution in [0.25, 0.3) is 0 Å². The van der Waals surface area contributed by atoms with Crippen LogP contribution in [0.15, 0.2) is 36.0 Å². The van der Waals surface area contributed by atoms with E-state index in [0.717, 1.165) is 0 Å². The SMILES string of the molecule is COC(=O)/C=C(\C)NC(=O)COc1ccc(Cl)cc1. The van der Waals surface area contributed by atoms with Gasteiger partial charge in [0.25, 0.3) is 5.91 Å². The molecule has 0 radical (unpaired) electrons. The molecule has 5 nitrogen and oxygen atoms in total. The van der Waals surface area contributed by atoms with Crippen molar-refractivity contribution in [2.75, 3.05) is 13.7 Å². The van der Waals surface area contributed by atoms with E-state index in [1.54, 1.807) is 31.2 Å². The molecule has 19 heavy (non-hydrogen) atoms. The first-order valence-corrected chi connectivity index (χ1v) is 5.83. The van der Waals surface area contributed by atoms with E-state index in [-0.39, 0.29) is 12.5 Å². The number of ether oxygens (including phenoxy) is 2. The molecule has 1 aromatic carbocycles. The summed E-state index contributed by atoms with van der Waals surface area (Å²) >= 11 is 5.72. The van der Waals surface area contributed by atoms with Gasteiger partial charge >= 0.3 is 5.97 Å². The number of hydrogen-bond acceptors (Lipinski definition) is 4. The van der Waals surface area contributed by atoms with Gasteiger partial charge < -0.3 is 14.8 Å². The van der Waals surface area contributed by atoms with Gasteiger partial charge in [-0.25, -0.2) is 4.79 Å². The van der Waals surface area contributed by atoms with Crippen LogP contribution in [0.4, 0.5) is 0 Å². The van der Waals surface area contributed by atoms with Gasteiger partial charge in [-0.05, 0) is 31.2 Å². The third-order valence-corrected chi connectivity index (χ3v) is 2.31. The molecule has 1 rings (SSSR count). The standard InChI is InChI=1S/C13H14ClNO4/c1-9(7-13(17)18-2)15-12(16)8-19-11-5-3-10(14)4-6-11/h3-7H,8H2,1-2H3,(H,15,16)/b9-7+. The van der Waals surface area contributed by atoms with Gasteiger partial charge in [0.2, 0.25) is 0 Å². The Morgan fingerprint density at radius 3 is 2.53 bits per heavy atom. The average Bonchev–Trinajstić information content (AvgIpc) is 2.37. The lowest BCUT2D eigenvalue weighted by Crippen LogP contribution is -2.27. The Labute approximate surface area is 116 Å². The molecule has 1 amide bonds. The Bertz CT molecular complexity index is 482. The number of amides is 1. The van der Waals surface area contributed by atoms with Crippen LogP contribution in [0.1, 0.15) is 6.92 Å². The normalized spacial score (nSPS) is 10.8. The van der Waals surface area contributed by atoms with Crippen molar-refractivity contribution in [1.29, 1.82) is 0 Å². The minimum atomic E-state index is -0.531. The quantitative estimate of drug-likeness (QED) is 0.662. The van der Waals surface area contributed by atoms with Crippen LogP contribution in [0, 0.1) is 0 Å². The van der Waals surface area contributed by atoms with Crippen molar-refractivity contribution >= 4 is 23.5 Å². The van der Waals surface area contributed by atoms with Crippen molar-refractivity contribution in [3.05, 3.63) is 41.1 Å². The first-order valence-electron chi connectivity index (χ1n) is 5.45. The number of halogens is 1. The molecular formula is C13H14ClNO4. The lowest BCUT2D eigenvalue weighted by molar-refractivity contribution is -0.134. The molecule has 0 saturated heterocycles. The second-order valence-corrected chi connectivity index (χ2v) is 4.08. The van der Waals surface area contributed by atoms with Crippen LogP contribution in [0.5, 0.6) is 5.75 Å². The van der Waals surface area contributed by atoms with Crippen molar-refractivity contribution in [2.45, 2.75) is 6.92 Å². The van der Waals surface area contributed by atoms with Gasteiger partial charge in [-0.1, -0.05) is 11.6 Å². The molecular weight excluding hydrogens is 270 g/mol. The maximum Gasteiger partial charge on any atom is 0.332 e. The molecule has 0 aliphatic rings. The minimum absolute atomic E-state index is 0.159. The maximum absolute atomic E-state index is 11.5. The first kappa shape index (κ1) is 15.0. The number of rotatable bonds is 5. The molecule has 0 bridgehead atoms. The zero-order chi connectivity index (χ0) is 14.3. The van der Waals surface area contributed by atoms with Crippen LogP contribution in [0.3, 0.4) is 0 Å². The Morgan fingerprint density at radius 2 is 1.95 bits per heavy atom. The predicted molar refractivity (Wildman–Crippen MR) is 70.9 cm³/mol. The second-order valence-electron chi connectivity index (χ2n) is 3.64. The second kappa shape index (κ2) is 7.43. The summed E-state index contributed by atoms with van der Waals surface area (Å²) < 4.78 is 9.67. The monoisotopic (exact) mass is 283 g/mol. The van der Waals surface area contributed by atoms with Crippen LogP contribution in [0.2, 0.25) is 5.02 Å². The molecule has 0 unspecified atom stereocenters. The summed E-state index contributed by atoms with van der Waals surface area (Å²) in [7, 11) is 1.26. The number of esters is 1. The van der Waals surface area contributed by atoms with Gasteiger partial charge in [-0.15, -0.1) is 0 Å². The average molecular weight is 284 g/mol. The zero-order valence-corrected chi connectivity index (χ0v) is 11.4. The fourth-order valence-corrected chi connectivity index (χ4v) is 1.33. The molecule has 0 aliphatic carbocycles. The molecule has 0 fully saturated rings. The van der Waals surface area contributed by atoms with E-state index in [0.29, 0.717) is 16.5 Å². The molecule has 6 heteroatoms. The Balaban J connectivity index is 2.41. The van der Waals surface area contributed by atoms with E-state index in [1.165, 1.54) is 13.2 Å². The summed E-state index contributed by atoms with van der Waals surface area (Å²) in [6, 6.07) is 6.65. The summed E-state index contributed by atoms with van der Waals surface area (Å²) in [5.41, 5.74) is 0.386. The lowest BCUT2D eigenvalue weighted by Gasteiger charge is -2.07. The van der Waals surface area contributed by atoms with Gasteiger partial charge in [0.15, 0.2) is 6.61 Å². The van der Waals surface area contributed by atoms with E-state index < -0.39 is 5.97 Å². The maximum atomic E-state index is 11.5. The number of carbonyl (C=O) groups is 2. The van der Waals surface area contributed by atoms with Crippen molar-refractivity contribution < 1.29 is 19.1 Å². The number of allylic oxidation sites excluding steroid dienone is 1. The summed E-state index contributed by atoms with van der Waals surface area (Å²) in [6.07, 6.45) is 1.18. The first-order chi connectivity index (χ1) is 9.01. The fraction of sp³-hybridized carbons (Fsp3) is 0.231. The highest BCUT2D eigenvalue weighted by Gasteiger charge is 2.04. The smallest absolute Gasteiger partial charge is 0.332 e. The molecule has 1 N–H and O–H groups in total. The number of carbonyl (C=O) groups excluding carboxylic acids is 2. The van der Waals surface area contributed by atoms with Gasteiger partial charge in [-0.3, -0.25) is 4.79 Å². The minimum Gasteiger partial charge on any atom is -0.484 e. The molecule has 0 heterocycles. The highest BCUT2D eigenvalue weighted by Crippen LogP contribution is 2.15. The third-order valence-electron chi connectivity index (χ3n) is 2.06. The molecule has 102 valence electrons. The van der Waals surface area contributed by atoms with Crippen molar-refractivity contribution in [2.24, 2.45) is 0 Å². The molecule has 0 aromatic heterocycles. The van der Waals surface area contributed by atoms with Gasteiger partial charge in [-0.2, -0.15) is 0 Å². The molecule has 1 aromatic rings. The Hall–Kier alpha value is -2.01. The zero-order valence-electron chi connectivity index (χ0n) is 10.6. The molecule has 0 saturated carbocycles. The van der Waals surface area contributed by atoms with E-state index in [9.17, 15) is 9.59 Å². The highest BCUT2D eigenvalue weighted by molar-refractivity contribution is 6.30. The summed E-state index contributed by atoms with van der Waals surface area (Å²) in [4.78, 5) is 22.4. The van der Waals surface area contributed by atoms with Crippen LogP contribution >= 0.6 is 11.6 Å². The van der Waals surface area contributed by atoms with Crippen molar-refractivity contribution in [3.8, 4) is 5.75 Å². The lowest BCUT2D eigenvalue weighted by atomic mass is 10.3. The summed E-state index contributed by atoms with van der Waals surface area (Å²) in [6.45, 7) is 1.42. The molecule has 0 spiro atoms. The van der Waals surface area contributed by atoms with Crippen LogP contribution in [-0.4, -0.2) is 25.6 Å². The molecule has 0 atom stereocenters. The van der Waals surface area contributed by atoms with Gasteiger partial charge in [0, 0.05) is 16.8 Å². The van der Waals surface area contributed by atoms with Crippen molar-refractivity contribution in [3.63, 3.8) is 0 Å². The van der Waals surface area contributed by atoms with E-state index in [4.69, 9.17) is 16.3 Å². The largest absolute Gasteiger partial charge is 0.484 e. The van der Waals surface area contributed by atoms with E-state index in [2.05, 4.69) is 10.1 Å². The van der Waals surface area contributed by atoms with Gasteiger partial charge in [0.1, 0.15) is 5.75 Å². The summed E-state index contributed by atoms with van der Waals surface area (Å²) in [5, 5.41) is 3.09. The number of nitrogens with one attached hydrogen (secondary N) is 1. The van der Waals surface area contributed by atoms with Crippen LogP contribution in [-0.2, 0) is 14.3 Å². The Morgan fingerprint density at radius 1 is 1.32 bits per heavy atom. The molecule has 0 aliphatic heterocycles. The highest BCUT2D eigenvalue weighted by atomic mass is 35.5. The summed E-state index contributed by atoms with van der Waals surface area (Å²) in [5.74, 6) is -0.363. The van der Waals surface area contributed by atoms with E-state index >= 15 is 0 Å². The van der Waals surface area contributed by atoms with Crippen molar-refractivity contribution in [1.82, 2.24) is 5.32 Å². The topological polar surface area (TPSA) is 64.6 Å². The van der Waals surface area contributed by atoms with Gasteiger partial charge in [0.05, 0.1) is 7.11 Å². The van der Waals surface area contributed by atoms with E-state index in [1.807, 2.05) is 0 Å². The number of methoxy groups -OCH3 is 1. The predicted octanol–water partition coefficient (Wildman–Crippen LogP) is 1.91.